The van der Waals surface area contributed by atoms with Gasteiger partial charge in [0.15, 0.2) is 6.61 Å². The van der Waals surface area contributed by atoms with Crippen molar-refractivity contribution in [3.63, 3.8) is 0 Å². The molecule has 0 radical (unpaired) electrons. The van der Waals surface area contributed by atoms with Crippen LogP contribution in [0.2, 0.25) is 0 Å². The molecular formula is C16H23N3O2. The maximum atomic E-state index is 11.5. The molecule has 0 aliphatic heterocycles. The van der Waals surface area contributed by atoms with Crippen molar-refractivity contribution in [2.24, 2.45) is 0 Å². The molecule has 0 spiro atoms. The molecule has 1 rings (SSSR count). The van der Waals surface area contributed by atoms with Crippen molar-refractivity contribution in [3.05, 3.63) is 29.8 Å². The Labute approximate surface area is 126 Å². The van der Waals surface area contributed by atoms with E-state index in [1.54, 1.807) is 0 Å². The number of benzene rings is 1. The highest BCUT2D eigenvalue weighted by molar-refractivity contribution is 5.77. The fraction of sp³-hybridized carbons (Fsp3) is 0.500. The Hall–Kier alpha value is -2.06. The molecule has 0 unspecified atom stereocenters. The lowest BCUT2D eigenvalue weighted by molar-refractivity contribution is -0.123. The molecular weight excluding hydrogens is 266 g/mol. The van der Waals surface area contributed by atoms with Crippen molar-refractivity contribution in [1.82, 2.24) is 10.6 Å². The zero-order valence-corrected chi connectivity index (χ0v) is 12.9. The number of ether oxygens (including phenoxy) is 1. The van der Waals surface area contributed by atoms with Crippen molar-refractivity contribution in [3.8, 4) is 11.8 Å². The van der Waals surface area contributed by atoms with Crippen LogP contribution >= 0.6 is 0 Å². The summed E-state index contributed by atoms with van der Waals surface area (Å²) in [6, 6.07) is 9.63. The van der Waals surface area contributed by atoms with Gasteiger partial charge < -0.3 is 15.4 Å². The number of carbonyl (C=O) groups excluding carboxylic acids is 1. The predicted molar refractivity (Wildman–Crippen MR) is 81.8 cm³/mol. The molecule has 5 nitrogen and oxygen atoms in total. The Morgan fingerprint density at radius 3 is 2.81 bits per heavy atom. The van der Waals surface area contributed by atoms with Crippen LogP contribution in [0.15, 0.2) is 24.3 Å². The maximum absolute atomic E-state index is 11.5. The molecule has 0 atom stereocenters. The van der Waals surface area contributed by atoms with Crippen LogP contribution in [0.1, 0.15) is 32.8 Å². The smallest absolute Gasteiger partial charge is 0.257 e. The molecule has 114 valence electrons. The van der Waals surface area contributed by atoms with Crippen LogP contribution < -0.4 is 15.4 Å². The van der Waals surface area contributed by atoms with E-state index in [9.17, 15) is 4.79 Å². The van der Waals surface area contributed by atoms with Crippen molar-refractivity contribution >= 4 is 5.91 Å². The summed E-state index contributed by atoms with van der Waals surface area (Å²) in [5.74, 6) is 0.446. The highest BCUT2D eigenvalue weighted by Gasteiger charge is 2.09. The first-order valence-corrected chi connectivity index (χ1v) is 7.01. The zero-order valence-electron chi connectivity index (χ0n) is 12.9. The molecule has 0 fully saturated rings. The molecule has 0 bridgehead atoms. The minimum atomic E-state index is -0.219. The van der Waals surface area contributed by atoms with Gasteiger partial charge in [-0.05, 0) is 38.5 Å². The van der Waals surface area contributed by atoms with Crippen LogP contribution in [0.3, 0.4) is 0 Å². The molecule has 0 aliphatic carbocycles. The molecule has 5 heteroatoms. The van der Waals surface area contributed by atoms with Crippen LogP contribution in [-0.2, 0) is 11.3 Å². The number of hydrogen-bond acceptors (Lipinski definition) is 4. The normalized spacial score (nSPS) is 10.8. The van der Waals surface area contributed by atoms with Crippen molar-refractivity contribution < 1.29 is 9.53 Å². The summed E-state index contributed by atoms with van der Waals surface area (Å²) >= 11 is 0. The molecule has 0 aromatic heterocycles. The molecule has 0 saturated carbocycles. The first-order valence-electron chi connectivity index (χ1n) is 7.01. The number of nitriles is 1. The molecule has 1 aromatic rings. The van der Waals surface area contributed by atoms with E-state index in [-0.39, 0.29) is 18.1 Å². The van der Waals surface area contributed by atoms with Gasteiger partial charge in [0, 0.05) is 18.6 Å². The molecule has 0 heterocycles. The summed E-state index contributed by atoms with van der Waals surface area (Å²) in [5, 5.41) is 14.4. The summed E-state index contributed by atoms with van der Waals surface area (Å²) in [5.41, 5.74) is 1.16. The van der Waals surface area contributed by atoms with Gasteiger partial charge in [0.25, 0.3) is 5.91 Å². The van der Waals surface area contributed by atoms with Gasteiger partial charge in [-0.1, -0.05) is 12.1 Å². The van der Waals surface area contributed by atoms with Gasteiger partial charge in [0.2, 0.25) is 0 Å². The summed E-state index contributed by atoms with van der Waals surface area (Å²) in [4.78, 5) is 11.5. The van der Waals surface area contributed by atoms with E-state index >= 15 is 0 Å². The van der Waals surface area contributed by atoms with E-state index < -0.39 is 0 Å². The second-order valence-electron chi connectivity index (χ2n) is 5.80. The quantitative estimate of drug-likeness (QED) is 0.753. The standard InChI is InChI=1S/C16H23N3O2/c1-16(2,3)19-11-13-6-4-7-14(10-13)21-12-15(20)18-9-5-8-17/h4,6-7,10,19H,5,9,11-12H2,1-3H3,(H,18,20). The first-order chi connectivity index (χ1) is 9.90. The monoisotopic (exact) mass is 289 g/mol. The van der Waals surface area contributed by atoms with Crippen LogP contribution in [0.5, 0.6) is 5.75 Å². The highest BCUT2D eigenvalue weighted by Crippen LogP contribution is 2.14. The fourth-order valence-electron chi connectivity index (χ4n) is 1.57. The summed E-state index contributed by atoms with van der Waals surface area (Å²) in [6.45, 7) is 7.39. The molecule has 2 N–H and O–H groups in total. The number of carbonyl (C=O) groups is 1. The zero-order chi connectivity index (χ0) is 15.7. The number of amides is 1. The molecule has 1 amide bonds. The third kappa shape index (κ3) is 7.95. The van der Waals surface area contributed by atoms with Gasteiger partial charge in [-0.25, -0.2) is 0 Å². The Morgan fingerprint density at radius 1 is 1.38 bits per heavy atom. The van der Waals surface area contributed by atoms with E-state index in [0.29, 0.717) is 18.7 Å². The Kier molecular flexibility index (Phi) is 6.70. The van der Waals surface area contributed by atoms with E-state index in [4.69, 9.17) is 10.00 Å². The summed E-state index contributed by atoms with van der Waals surface area (Å²) in [7, 11) is 0. The van der Waals surface area contributed by atoms with Crippen molar-refractivity contribution in [2.45, 2.75) is 39.3 Å². The average Bonchev–Trinajstić information content (AvgIpc) is 2.43. The van der Waals surface area contributed by atoms with Gasteiger partial charge in [-0.2, -0.15) is 5.26 Å². The van der Waals surface area contributed by atoms with Gasteiger partial charge in [0.1, 0.15) is 5.75 Å². The maximum Gasteiger partial charge on any atom is 0.257 e. The highest BCUT2D eigenvalue weighted by atomic mass is 16.5. The van der Waals surface area contributed by atoms with E-state index in [1.807, 2.05) is 30.3 Å². The molecule has 1 aromatic carbocycles. The fourth-order valence-corrected chi connectivity index (χ4v) is 1.57. The Bertz CT molecular complexity index is 501. The summed E-state index contributed by atoms with van der Waals surface area (Å²) in [6.07, 6.45) is 0.305. The van der Waals surface area contributed by atoms with Crippen LogP contribution in [0.25, 0.3) is 0 Å². The molecule has 0 saturated heterocycles. The third-order valence-electron chi connectivity index (χ3n) is 2.65. The molecule has 0 aliphatic rings. The second-order valence-corrected chi connectivity index (χ2v) is 5.80. The topological polar surface area (TPSA) is 74.2 Å². The number of hydrogen-bond donors (Lipinski definition) is 2. The predicted octanol–water partition coefficient (Wildman–Crippen LogP) is 1.98. The van der Waals surface area contributed by atoms with Gasteiger partial charge in [-0.3, -0.25) is 4.79 Å². The third-order valence-corrected chi connectivity index (χ3v) is 2.65. The SMILES string of the molecule is CC(C)(C)NCc1cccc(OCC(=O)NCCC#N)c1. The van der Waals surface area contributed by atoms with Gasteiger partial charge in [0.05, 0.1) is 12.5 Å². The van der Waals surface area contributed by atoms with E-state index in [2.05, 4.69) is 31.4 Å². The molecule has 21 heavy (non-hydrogen) atoms. The average molecular weight is 289 g/mol. The Balaban J connectivity index is 2.42. The van der Waals surface area contributed by atoms with Crippen molar-refractivity contribution in [2.75, 3.05) is 13.2 Å². The second kappa shape index (κ2) is 8.28. The van der Waals surface area contributed by atoms with Gasteiger partial charge in [-0.15, -0.1) is 0 Å². The Morgan fingerprint density at radius 2 is 2.14 bits per heavy atom. The first kappa shape index (κ1) is 17.0. The van der Waals surface area contributed by atoms with E-state index in [1.165, 1.54) is 0 Å². The number of nitrogens with one attached hydrogen (secondary N) is 2. The lowest BCUT2D eigenvalue weighted by Gasteiger charge is -2.20. The number of rotatable bonds is 7. The minimum absolute atomic E-state index is 0.0401. The number of nitrogens with zero attached hydrogens (tertiary/aromatic N) is 1. The van der Waals surface area contributed by atoms with Crippen LogP contribution in [0, 0.1) is 11.3 Å². The summed E-state index contributed by atoms with van der Waals surface area (Å²) < 4.78 is 5.45. The van der Waals surface area contributed by atoms with Crippen molar-refractivity contribution in [1.29, 1.82) is 5.26 Å². The van der Waals surface area contributed by atoms with Crippen LogP contribution in [-0.4, -0.2) is 24.6 Å². The van der Waals surface area contributed by atoms with E-state index in [0.717, 1.165) is 12.1 Å². The largest absolute Gasteiger partial charge is 0.484 e. The van der Waals surface area contributed by atoms with Gasteiger partial charge >= 0.3 is 0 Å². The lowest BCUT2D eigenvalue weighted by atomic mass is 10.1. The lowest BCUT2D eigenvalue weighted by Crippen LogP contribution is -2.35. The minimum Gasteiger partial charge on any atom is -0.484 e. The van der Waals surface area contributed by atoms with Crippen LogP contribution in [0.4, 0.5) is 0 Å².